The highest BCUT2D eigenvalue weighted by Crippen LogP contribution is 2.22. The zero-order valence-electron chi connectivity index (χ0n) is 10.4. The number of aromatic carboxylic acids is 1. The first-order chi connectivity index (χ1) is 9.88. The van der Waals surface area contributed by atoms with Crippen LogP contribution in [0.25, 0.3) is 0 Å². The number of hydrogen-bond acceptors (Lipinski definition) is 2. The summed E-state index contributed by atoms with van der Waals surface area (Å²) in [6, 6.07) is 8.51. The van der Waals surface area contributed by atoms with Gasteiger partial charge in [0, 0.05) is 8.04 Å². The summed E-state index contributed by atoms with van der Waals surface area (Å²) in [6.45, 7) is 0. The summed E-state index contributed by atoms with van der Waals surface area (Å²) < 4.78 is 15.2. The van der Waals surface area contributed by atoms with Gasteiger partial charge in [-0.2, -0.15) is 0 Å². The number of benzene rings is 2. The lowest BCUT2D eigenvalue weighted by molar-refractivity contribution is 0.0696. The van der Waals surface area contributed by atoms with Gasteiger partial charge in [0.15, 0.2) is 0 Å². The third-order valence-corrected chi connectivity index (χ3v) is 4.00. The van der Waals surface area contributed by atoms with Crippen molar-refractivity contribution in [2.24, 2.45) is 0 Å². The Hall–Kier alpha value is -1.48. The van der Waals surface area contributed by atoms with Crippen molar-refractivity contribution < 1.29 is 19.1 Å². The first kappa shape index (κ1) is 15.9. The maximum absolute atomic E-state index is 13.8. The summed E-state index contributed by atoms with van der Waals surface area (Å²) in [5.41, 5.74) is 0.111. The number of nitrogens with one attached hydrogen (secondary N) is 1. The van der Waals surface area contributed by atoms with Gasteiger partial charge in [-0.1, -0.05) is 0 Å². The van der Waals surface area contributed by atoms with E-state index in [1.165, 1.54) is 12.1 Å². The Balaban J connectivity index is 2.27. The van der Waals surface area contributed by atoms with Crippen LogP contribution < -0.4 is 5.32 Å². The summed E-state index contributed by atoms with van der Waals surface area (Å²) in [6.07, 6.45) is 0. The molecule has 21 heavy (non-hydrogen) atoms. The fourth-order valence-corrected chi connectivity index (χ4v) is 2.53. The maximum Gasteiger partial charge on any atom is 0.335 e. The Labute approximate surface area is 141 Å². The van der Waals surface area contributed by atoms with Crippen LogP contribution in [-0.4, -0.2) is 17.0 Å². The molecule has 0 heterocycles. The smallest absolute Gasteiger partial charge is 0.335 e. The van der Waals surface area contributed by atoms with E-state index in [9.17, 15) is 14.0 Å². The topological polar surface area (TPSA) is 66.4 Å². The molecule has 0 saturated carbocycles. The van der Waals surface area contributed by atoms with Gasteiger partial charge in [-0.3, -0.25) is 4.79 Å². The fraction of sp³-hybridized carbons (Fsp3) is 0. The zero-order chi connectivity index (χ0) is 15.6. The third-order valence-electron chi connectivity index (χ3n) is 2.64. The number of amides is 1. The van der Waals surface area contributed by atoms with E-state index in [1.54, 1.807) is 12.1 Å². The molecule has 0 spiro atoms. The molecule has 0 aliphatic carbocycles. The highest BCUT2D eigenvalue weighted by Gasteiger charge is 2.14. The molecule has 2 rings (SSSR count). The van der Waals surface area contributed by atoms with Gasteiger partial charge in [0.05, 0.1) is 16.8 Å². The van der Waals surface area contributed by atoms with Crippen LogP contribution in [-0.2, 0) is 0 Å². The quantitative estimate of drug-likeness (QED) is 0.672. The summed E-state index contributed by atoms with van der Waals surface area (Å²) >= 11 is 5.32. The molecule has 0 aliphatic heterocycles. The van der Waals surface area contributed by atoms with Gasteiger partial charge >= 0.3 is 5.97 Å². The minimum absolute atomic E-state index is 0.0734. The van der Waals surface area contributed by atoms with E-state index in [4.69, 9.17) is 5.11 Å². The van der Waals surface area contributed by atoms with E-state index in [-0.39, 0.29) is 11.3 Å². The lowest BCUT2D eigenvalue weighted by atomic mass is 10.1. The predicted molar refractivity (Wildman–Crippen MR) is 88.2 cm³/mol. The van der Waals surface area contributed by atoms with Gasteiger partial charge < -0.3 is 10.4 Å². The second-order valence-electron chi connectivity index (χ2n) is 4.08. The summed E-state index contributed by atoms with van der Waals surface area (Å²) in [5.74, 6) is -2.51. The van der Waals surface area contributed by atoms with E-state index in [2.05, 4.69) is 43.8 Å². The molecule has 0 aliphatic rings. The lowest BCUT2D eigenvalue weighted by Gasteiger charge is -2.09. The van der Waals surface area contributed by atoms with Crippen LogP contribution in [0.3, 0.4) is 0 Å². The minimum atomic E-state index is -1.23. The lowest BCUT2D eigenvalue weighted by Crippen LogP contribution is -2.14. The van der Waals surface area contributed by atoms with Crippen molar-refractivity contribution in [3.63, 3.8) is 0 Å². The standard InChI is InChI=1S/C14H8BrFINO3/c15-10-3-2-8(17)6-9(10)13(19)18-12-4-1-7(14(20)21)5-11(12)16/h1-6H,(H,18,19)(H,20,21). The molecule has 0 bridgehead atoms. The minimum Gasteiger partial charge on any atom is -0.478 e. The van der Waals surface area contributed by atoms with Crippen LogP contribution in [0.15, 0.2) is 40.9 Å². The Morgan fingerprint density at radius 1 is 1.19 bits per heavy atom. The van der Waals surface area contributed by atoms with E-state index < -0.39 is 17.7 Å². The Morgan fingerprint density at radius 3 is 2.52 bits per heavy atom. The van der Waals surface area contributed by atoms with Crippen LogP contribution in [0.5, 0.6) is 0 Å². The Bertz CT molecular complexity index is 736. The van der Waals surface area contributed by atoms with Crippen molar-refractivity contribution in [3.05, 3.63) is 61.4 Å². The second kappa shape index (κ2) is 6.52. The van der Waals surface area contributed by atoms with Gasteiger partial charge in [0.2, 0.25) is 0 Å². The average Bonchev–Trinajstić information content (AvgIpc) is 2.43. The van der Waals surface area contributed by atoms with Crippen LogP contribution in [0.1, 0.15) is 20.7 Å². The molecular weight excluding hydrogens is 456 g/mol. The van der Waals surface area contributed by atoms with Crippen molar-refractivity contribution in [1.29, 1.82) is 0 Å². The van der Waals surface area contributed by atoms with Crippen LogP contribution in [0, 0.1) is 9.39 Å². The second-order valence-corrected chi connectivity index (χ2v) is 6.18. The van der Waals surface area contributed by atoms with E-state index in [0.29, 0.717) is 10.0 Å². The average molecular weight is 464 g/mol. The molecule has 4 nitrogen and oxygen atoms in total. The molecule has 2 aromatic carbocycles. The first-order valence-electron chi connectivity index (χ1n) is 5.67. The summed E-state index contributed by atoms with van der Waals surface area (Å²) in [4.78, 5) is 22.9. The number of hydrogen-bond donors (Lipinski definition) is 2. The number of anilines is 1. The predicted octanol–water partition coefficient (Wildman–Crippen LogP) is 4.14. The van der Waals surface area contributed by atoms with Crippen molar-refractivity contribution >= 4 is 56.1 Å². The molecule has 2 aromatic rings. The first-order valence-corrected chi connectivity index (χ1v) is 7.55. The van der Waals surface area contributed by atoms with E-state index in [1.807, 2.05) is 6.07 Å². The number of halogens is 3. The zero-order valence-corrected chi connectivity index (χ0v) is 14.1. The monoisotopic (exact) mass is 463 g/mol. The molecule has 0 fully saturated rings. The van der Waals surface area contributed by atoms with Crippen molar-refractivity contribution in [1.82, 2.24) is 0 Å². The highest BCUT2D eigenvalue weighted by atomic mass is 127. The number of carboxylic acid groups (broad SMARTS) is 1. The fourth-order valence-electron chi connectivity index (χ4n) is 1.61. The van der Waals surface area contributed by atoms with E-state index in [0.717, 1.165) is 9.64 Å². The normalized spacial score (nSPS) is 10.2. The highest BCUT2D eigenvalue weighted by molar-refractivity contribution is 14.1. The van der Waals surface area contributed by atoms with Gasteiger partial charge in [-0.25, -0.2) is 9.18 Å². The van der Waals surface area contributed by atoms with E-state index >= 15 is 0 Å². The molecule has 0 aromatic heterocycles. The molecule has 1 amide bonds. The van der Waals surface area contributed by atoms with Crippen molar-refractivity contribution in [3.8, 4) is 0 Å². The maximum atomic E-state index is 13.8. The SMILES string of the molecule is O=C(O)c1ccc(NC(=O)c2cc(I)ccc2Br)c(F)c1. The van der Waals surface area contributed by atoms with Gasteiger partial charge in [-0.15, -0.1) is 0 Å². The van der Waals surface area contributed by atoms with Crippen LogP contribution in [0.2, 0.25) is 0 Å². The molecule has 0 unspecified atom stereocenters. The largest absolute Gasteiger partial charge is 0.478 e. The Morgan fingerprint density at radius 2 is 1.90 bits per heavy atom. The van der Waals surface area contributed by atoms with Crippen molar-refractivity contribution in [2.75, 3.05) is 5.32 Å². The molecule has 108 valence electrons. The number of carbonyl (C=O) groups excluding carboxylic acids is 1. The molecule has 7 heteroatoms. The number of carbonyl (C=O) groups is 2. The van der Waals surface area contributed by atoms with Crippen LogP contribution >= 0.6 is 38.5 Å². The van der Waals surface area contributed by atoms with Gasteiger partial charge in [-0.05, 0) is 74.9 Å². The van der Waals surface area contributed by atoms with Crippen LogP contribution in [0.4, 0.5) is 10.1 Å². The summed E-state index contributed by atoms with van der Waals surface area (Å²) in [5, 5.41) is 11.2. The molecule has 0 radical (unpaired) electrons. The number of carboxylic acids is 1. The third kappa shape index (κ3) is 3.79. The van der Waals surface area contributed by atoms with Gasteiger partial charge in [0.25, 0.3) is 5.91 Å². The van der Waals surface area contributed by atoms with Crippen molar-refractivity contribution in [2.45, 2.75) is 0 Å². The Kier molecular flexibility index (Phi) is 4.94. The summed E-state index contributed by atoms with van der Waals surface area (Å²) in [7, 11) is 0. The molecule has 2 N–H and O–H groups in total. The molecule has 0 saturated heterocycles. The van der Waals surface area contributed by atoms with Gasteiger partial charge in [0.1, 0.15) is 5.82 Å². The number of rotatable bonds is 3. The molecule has 0 atom stereocenters. The molecular formula is C14H8BrFINO3.